The molecule has 2 saturated heterocycles. The van der Waals surface area contributed by atoms with E-state index in [-0.39, 0.29) is 18.9 Å². The van der Waals surface area contributed by atoms with Crippen molar-refractivity contribution in [3.05, 3.63) is 85.1 Å². The summed E-state index contributed by atoms with van der Waals surface area (Å²) in [7, 11) is 0. The number of nitrogens with one attached hydrogen (secondary N) is 1. The monoisotopic (exact) mass is 1130 g/mol. The van der Waals surface area contributed by atoms with Gasteiger partial charge in [0.25, 0.3) is 0 Å². The second kappa shape index (κ2) is 50.7. The van der Waals surface area contributed by atoms with Crippen LogP contribution in [-0.4, -0.2) is 140 Å². The largest absolute Gasteiger partial charge is 0.394 e. The molecule has 14 nitrogen and oxygen atoms in total. The molecule has 2 rings (SSSR count). The Labute approximate surface area is 484 Å². The average molecular weight is 1130 g/mol. The van der Waals surface area contributed by atoms with Gasteiger partial charge in [-0.05, 0) is 77.0 Å². The fourth-order valence-electron chi connectivity index (χ4n) is 9.98. The summed E-state index contributed by atoms with van der Waals surface area (Å²) in [5.74, 6) is -0.251. The van der Waals surface area contributed by atoms with Crippen molar-refractivity contribution in [2.75, 3.05) is 19.8 Å². The van der Waals surface area contributed by atoms with Gasteiger partial charge in [0.15, 0.2) is 12.6 Å². The Morgan fingerprint density at radius 2 is 0.875 bits per heavy atom. The first kappa shape index (κ1) is 73.3. The van der Waals surface area contributed by atoms with Crippen molar-refractivity contribution in [3.63, 3.8) is 0 Å². The summed E-state index contributed by atoms with van der Waals surface area (Å²) in [6.07, 6.45) is 52.3. The van der Waals surface area contributed by atoms with Crippen LogP contribution in [0.25, 0.3) is 0 Å². The summed E-state index contributed by atoms with van der Waals surface area (Å²) in [5, 5.41) is 86.9. The Kier molecular flexibility index (Phi) is 46.4. The van der Waals surface area contributed by atoms with E-state index in [9.17, 15) is 45.6 Å². The second-order valence-corrected chi connectivity index (χ2v) is 22.1. The molecule has 12 unspecified atom stereocenters. The minimum Gasteiger partial charge on any atom is -0.394 e. The van der Waals surface area contributed by atoms with Gasteiger partial charge in [0.1, 0.15) is 48.8 Å². The molecule has 0 aromatic heterocycles. The van der Waals surface area contributed by atoms with E-state index >= 15 is 0 Å². The Morgan fingerprint density at radius 1 is 0.463 bits per heavy atom. The first-order valence-corrected chi connectivity index (χ1v) is 31.8. The molecule has 14 heteroatoms. The van der Waals surface area contributed by atoms with E-state index in [1.165, 1.54) is 135 Å². The molecule has 9 N–H and O–H groups in total. The van der Waals surface area contributed by atoms with Gasteiger partial charge >= 0.3 is 0 Å². The summed E-state index contributed by atoms with van der Waals surface area (Å²) in [5.41, 5.74) is 0. The minimum absolute atomic E-state index is 0.251. The molecule has 0 bridgehead atoms. The molecule has 0 saturated carbocycles. The maximum Gasteiger partial charge on any atom is 0.220 e. The van der Waals surface area contributed by atoms with Crippen molar-refractivity contribution in [2.45, 2.75) is 306 Å². The zero-order valence-electron chi connectivity index (χ0n) is 49.8. The Balaban J connectivity index is 1.60. The molecule has 0 aromatic rings. The molecule has 2 aliphatic heterocycles. The lowest BCUT2D eigenvalue weighted by molar-refractivity contribution is -0.359. The average Bonchev–Trinajstić information content (AvgIpc) is 3.46. The smallest absolute Gasteiger partial charge is 0.220 e. The lowest BCUT2D eigenvalue weighted by atomic mass is 9.97. The van der Waals surface area contributed by atoms with Gasteiger partial charge < -0.3 is 65.1 Å². The quantitative estimate of drug-likeness (QED) is 0.0204. The minimum atomic E-state index is -1.79. The first-order valence-electron chi connectivity index (χ1n) is 31.8. The molecule has 2 heterocycles. The molecule has 0 spiro atoms. The molecule has 2 fully saturated rings. The van der Waals surface area contributed by atoms with Crippen LogP contribution >= 0.6 is 0 Å². The van der Waals surface area contributed by atoms with Gasteiger partial charge in [0.05, 0.1) is 32.0 Å². The van der Waals surface area contributed by atoms with E-state index < -0.39 is 86.8 Å². The standard InChI is InChI=1S/C66H115NO13/c1-3-5-7-9-11-13-15-16-17-18-19-20-21-22-23-24-25-26-27-28-29-30-31-32-33-34-35-36-37-38-40-42-44-46-48-50-58(71)67-54(55(70)49-47-45-43-41-39-14-12-10-8-6-4-2)53-77-65-63(76)61(74)64(57(52-69)79-65)80-66-62(75)60(73)59(72)56(51-68)78-66/h5,7,11,13,16-17,19-20,22-23,39,41,47,49,54-57,59-66,68-70,72-76H,3-4,6,8-10,12,14-15,18,21,24-38,40,42-46,48,50-53H2,1-2H3,(H,67,71)/b7-5-,13-11-,17-16-,20-19-,23-22-,41-39+,49-47+. The van der Waals surface area contributed by atoms with Gasteiger partial charge in [-0.25, -0.2) is 0 Å². The summed E-state index contributed by atoms with van der Waals surface area (Å²) < 4.78 is 22.7. The van der Waals surface area contributed by atoms with Gasteiger partial charge in [0, 0.05) is 6.42 Å². The number of aliphatic hydroxyl groups is 8. The highest BCUT2D eigenvalue weighted by Gasteiger charge is 2.51. The molecular weight excluding hydrogens is 1010 g/mol. The molecule has 0 aromatic carbocycles. The van der Waals surface area contributed by atoms with Crippen LogP contribution in [0.4, 0.5) is 0 Å². The maximum atomic E-state index is 13.2. The maximum absolute atomic E-state index is 13.2. The highest BCUT2D eigenvalue weighted by atomic mass is 16.7. The van der Waals surface area contributed by atoms with Gasteiger partial charge in [0.2, 0.25) is 5.91 Å². The van der Waals surface area contributed by atoms with E-state index in [1.807, 2.05) is 6.08 Å². The fourth-order valence-corrected chi connectivity index (χ4v) is 9.98. The summed E-state index contributed by atoms with van der Waals surface area (Å²) in [6.45, 7) is 2.63. The van der Waals surface area contributed by atoms with Crippen molar-refractivity contribution in [1.82, 2.24) is 5.32 Å². The highest BCUT2D eigenvalue weighted by Crippen LogP contribution is 2.30. The third kappa shape index (κ3) is 35.3. The third-order valence-electron chi connectivity index (χ3n) is 15.1. The van der Waals surface area contributed by atoms with Crippen LogP contribution in [0.2, 0.25) is 0 Å². The lowest BCUT2D eigenvalue weighted by Gasteiger charge is -2.46. The number of rotatable bonds is 50. The van der Waals surface area contributed by atoms with Crippen molar-refractivity contribution in [3.8, 4) is 0 Å². The number of allylic oxidation sites excluding steroid dienone is 13. The zero-order chi connectivity index (χ0) is 58.1. The topological polar surface area (TPSA) is 228 Å². The predicted octanol–water partition coefficient (Wildman–Crippen LogP) is 11.7. The number of carbonyl (C=O) groups is 1. The van der Waals surface area contributed by atoms with Crippen molar-refractivity contribution >= 4 is 5.91 Å². The van der Waals surface area contributed by atoms with Gasteiger partial charge in [-0.3, -0.25) is 4.79 Å². The first-order chi connectivity index (χ1) is 39.1. The van der Waals surface area contributed by atoms with E-state index in [2.05, 4.69) is 92.1 Å². The van der Waals surface area contributed by atoms with E-state index in [0.717, 1.165) is 64.2 Å². The summed E-state index contributed by atoms with van der Waals surface area (Å²) in [4.78, 5) is 13.2. The molecule has 462 valence electrons. The van der Waals surface area contributed by atoms with E-state index in [0.29, 0.717) is 12.8 Å². The molecule has 80 heavy (non-hydrogen) atoms. The van der Waals surface area contributed by atoms with E-state index in [4.69, 9.17) is 18.9 Å². The van der Waals surface area contributed by atoms with Crippen LogP contribution in [0.5, 0.6) is 0 Å². The molecular formula is C66H115NO13. The van der Waals surface area contributed by atoms with Crippen molar-refractivity contribution < 1.29 is 64.6 Å². The van der Waals surface area contributed by atoms with Crippen LogP contribution in [0.15, 0.2) is 85.1 Å². The molecule has 12 atom stereocenters. The van der Waals surface area contributed by atoms with Crippen LogP contribution < -0.4 is 5.32 Å². The number of unbranched alkanes of at least 4 members (excludes halogenated alkanes) is 25. The number of ether oxygens (including phenoxy) is 4. The van der Waals surface area contributed by atoms with Crippen LogP contribution in [0, 0.1) is 0 Å². The summed E-state index contributed by atoms with van der Waals surface area (Å²) >= 11 is 0. The summed E-state index contributed by atoms with van der Waals surface area (Å²) in [6, 6.07) is -0.932. The van der Waals surface area contributed by atoms with E-state index in [1.54, 1.807) is 6.08 Å². The number of hydrogen-bond acceptors (Lipinski definition) is 13. The fraction of sp³-hybridized carbons (Fsp3) is 0.773. The van der Waals surface area contributed by atoms with Gasteiger partial charge in [-0.15, -0.1) is 0 Å². The van der Waals surface area contributed by atoms with Gasteiger partial charge in [-0.1, -0.05) is 234 Å². The zero-order valence-corrected chi connectivity index (χ0v) is 49.8. The van der Waals surface area contributed by atoms with Gasteiger partial charge in [-0.2, -0.15) is 0 Å². The molecule has 1 amide bonds. The second-order valence-electron chi connectivity index (χ2n) is 22.1. The normalized spacial score (nSPS) is 24.8. The molecule has 2 aliphatic rings. The Morgan fingerprint density at radius 3 is 1.38 bits per heavy atom. The molecule has 0 radical (unpaired) electrons. The number of amides is 1. The van der Waals surface area contributed by atoms with Crippen molar-refractivity contribution in [1.29, 1.82) is 0 Å². The molecule has 0 aliphatic carbocycles. The van der Waals surface area contributed by atoms with Crippen LogP contribution in [0.1, 0.15) is 232 Å². The predicted molar refractivity (Wildman–Crippen MR) is 323 cm³/mol. The SMILES string of the molecule is CC/C=C\C/C=C\C/C=C\C/C=C\C/C=C\CCCCCCCCCCCCCCCCCCCCCC(=O)NC(COC1OC(CO)C(OC2OC(CO)C(O)C(O)C2O)C(O)C1O)C(O)/C=C/CC/C=C/CCCCCCC. The van der Waals surface area contributed by atoms with Crippen LogP contribution in [-0.2, 0) is 23.7 Å². The number of carbonyl (C=O) groups excluding carboxylic acids is 1. The highest BCUT2D eigenvalue weighted by molar-refractivity contribution is 5.76. The number of hydrogen-bond donors (Lipinski definition) is 9. The number of aliphatic hydroxyl groups excluding tert-OH is 8. The Bertz CT molecular complexity index is 1660. The van der Waals surface area contributed by atoms with Crippen LogP contribution in [0.3, 0.4) is 0 Å². The lowest BCUT2D eigenvalue weighted by Crippen LogP contribution is -2.65. The Hall–Kier alpha value is -2.83. The van der Waals surface area contributed by atoms with Crippen molar-refractivity contribution in [2.24, 2.45) is 0 Å². The third-order valence-corrected chi connectivity index (χ3v) is 15.1.